The molecule has 7 heteroatoms. The molecule has 0 N–H and O–H groups in total. The van der Waals surface area contributed by atoms with Crippen LogP contribution in [0.25, 0.3) is 22.4 Å². The molecule has 0 saturated heterocycles. The van der Waals surface area contributed by atoms with Crippen molar-refractivity contribution < 1.29 is 0 Å². The van der Waals surface area contributed by atoms with Crippen molar-refractivity contribution in [2.75, 3.05) is 0 Å². The fourth-order valence-electron chi connectivity index (χ4n) is 3.61. The molecule has 0 fully saturated rings. The molecule has 0 bridgehead atoms. The van der Waals surface area contributed by atoms with Crippen LogP contribution in [0.5, 0.6) is 0 Å². The monoisotopic (exact) mass is 413 g/mol. The van der Waals surface area contributed by atoms with E-state index < -0.39 is 0 Å². The van der Waals surface area contributed by atoms with Crippen LogP contribution >= 0.6 is 11.8 Å². The zero-order chi connectivity index (χ0) is 20.7. The van der Waals surface area contributed by atoms with Gasteiger partial charge in [0.15, 0.2) is 5.16 Å². The number of aromatic nitrogens is 5. The van der Waals surface area contributed by atoms with Gasteiger partial charge in [0.2, 0.25) is 0 Å². The van der Waals surface area contributed by atoms with Crippen molar-refractivity contribution in [1.29, 1.82) is 0 Å². The Morgan fingerprint density at radius 2 is 1.77 bits per heavy atom. The van der Waals surface area contributed by atoms with Crippen LogP contribution in [-0.4, -0.2) is 24.0 Å². The molecule has 30 heavy (non-hydrogen) atoms. The second-order valence-corrected chi connectivity index (χ2v) is 8.08. The lowest BCUT2D eigenvalue weighted by molar-refractivity contribution is 0.792. The van der Waals surface area contributed by atoms with Gasteiger partial charge in [-0.05, 0) is 37.6 Å². The highest BCUT2D eigenvalue weighted by Crippen LogP contribution is 2.31. The summed E-state index contributed by atoms with van der Waals surface area (Å²) in [7, 11) is 0. The molecule has 0 atom stereocenters. The molecule has 5 aromatic rings. The molecular weight excluding hydrogens is 394 g/mol. The summed E-state index contributed by atoms with van der Waals surface area (Å²) in [6.07, 6.45) is 1.73. The van der Waals surface area contributed by atoms with Gasteiger partial charge in [0, 0.05) is 23.6 Å². The van der Waals surface area contributed by atoms with Crippen LogP contribution in [0.1, 0.15) is 17.0 Å². The third-order valence-electron chi connectivity index (χ3n) is 4.90. The predicted molar refractivity (Wildman–Crippen MR) is 119 cm³/mol. The van der Waals surface area contributed by atoms with Crippen LogP contribution in [0.3, 0.4) is 0 Å². The van der Waals surface area contributed by atoms with E-state index in [4.69, 9.17) is 10.1 Å². The quantitative estimate of drug-likeness (QED) is 0.411. The van der Waals surface area contributed by atoms with Gasteiger partial charge in [-0.1, -0.05) is 48.2 Å². The molecule has 0 aliphatic carbocycles. The Morgan fingerprint density at radius 1 is 0.967 bits per heavy atom. The molecule has 0 aliphatic heterocycles. The van der Waals surface area contributed by atoms with Crippen LogP contribution in [0.4, 0.5) is 0 Å². The summed E-state index contributed by atoms with van der Waals surface area (Å²) in [6, 6.07) is 19.3. The van der Waals surface area contributed by atoms with Crippen molar-refractivity contribution in [2.45, 2.75) is 24.8 Å². The van der Waals surface area contributed by atoms with E-state index in [2.05, 4.69) is 30.1 Å². The first-order chi connectivity index (χ1) is 14.6. The third-order valence-corrected chi connectivity index (χ3v) is 5.86. The third kappa shape index (κ3) is 3.27. The highest BCUT2D eigenvalue weighted by molar-refractivity contribution is 7.98. The topological polar surface area (TPSA) is 64.6 Å². The molecule has 0 unspecified atom stereocenters. The maximum absolute atomic E-state index is 12.4. The van der Waals surface area contributed by atoms with Gasteiger partial charge in [0.25, 0.3) is 5.56 Å². The van der Waals surface area contributed by atoms with E-state index in [1.807, 2.05) is 47.8 Å². The van der Waals surface area contributed by atoms with E-state index in [1.54, 1.807) is 16.7 Å². The van der Waals surface area contributed by atoms with E-state index in [1.165, 1.54) is 11.8 Å². The number of nitrogens with zero attached hydrogens (tertiary/aromatic N) is 5. The Kier molecular flexibility index (Phi) is 4.59. The van der Waals surface area contributed by atoms with E-state index in [0.717, 1.165) is 38.9 Å². The van der Waals surface area contributed by atoms with Crippen molar-refractivity contribution in [2.24, 2.45) is 0 Å². The molecule has 4 heterocycles. The molecule has 4 aromatic heterocycles. The van der Waals surface area contributed by atoms with Crippen molar-refractivity contribution in [1.82, 2.24) is 24.0 Å². The first-order valence-electron chi connectivity index (χ1n) is 9.63. The summed E-state index contributed by atoms with van der Waals surface area (Å²) >= 11 is 1.53. The lowest BCUT2D eigenvalue weighted by Crippen LogP contribution is -2.14. The van der Waals surface area contributed by atoms with Crippen LogP contribution in [-0.2, 0) is 5.75 Å². The van der Waals surface area contributed by atoms with E-state index in [9.17, 15) is 4.79 Å². The first-order valence-corrected chi connectivity index (χ1v) is 10.6. The Labute approximate surface area is 177 Å². The van der Waals surface area contributed by atoms with Crippen molar-refractivity contribution in [3.8, 4) is 11.3 Å². The lowest BCUT2D eigenvalue weighted by atomic mass is 10.1. The molecule has 0 radical (unpaired) electrons. The number of pyridine rings is 1. The summed E-state index contributed by atoms with van der Waals surface area (Å²) in [4.78, 5) is 21.9. The molecule has 5 rings (SSSR count). The average Bonchev–Trinajstić information content (AvgIpc) is 3.12. The molecule has 0 spiro atoms. The smallest absolute Gasteiger partial charge is 0.258 e. The molecule has 0 saturated carbocycles. The zero-order valence-electron chi connectivity index (χ0n) is 16.6. The van der Waals surface area contributed by atoms with E-state index in [-0.39, 0.29) is 5.56 Å². The average molecular weight is 414 g/mol. The number of benzene rings is 1. The van der Waals surface area contributed by atoms with Gasteiger partial charge in [0.1, 0.15) is 5.65 Å². The molecule has 148 valence electrons. The number of rotatable bonds is 4. The number of thioether (sulfide) groups is 1. The van der Waals surface area contributed by atoms with Crippen molar-refractivity contribution in [3.63, 3.8) is 0 Å². The van der Waals surface area contributed by atoms with E-state index >= 15 is 0 Å². The summed E-state index contributed by atoms with van der Waals surface area (Å²) in [6.45, 7) is 4.06. The van der Waals surface area contributed by atoms with Crippen LogP contribution in [0, 0.1) is 13.8 Å². The molecule has 1 aromatic carbocycles. The Morgan fingerprint density at radius 3 is 2.60 bits per heavy atom. The molecule has 0 aliphatic rings. The van der Waals surface area contributed by atoms with Crippen LogP contribution in [0.2, 0.25) is 0 Å². The normalized spacial score (nSPS) is 11.4. The van der Waals surface area contributed by atoms with Crippen molar-refractivity contribution in [3.05, 3.63) is 94.2 Å². The summed E-state index contributed by atoms with van der Waals surface area (Å²) in [5.41, 5.74) is 6.30. The first kappa shape index (κ1) is 18.6. The van der Waals surface area contributed by atoms with Gasteiger partial charge in [-0.3, -0.25) is 9.20 Å². The van der Waals surface area contributed by atoms with Crippen molar-refractivity contribution >= 4 is 22.9 Å². The minimum absolute atomic E-state index is 0.0843. The minimum Gasteiger partial charge on any atom is -0.269 e. The molecular formula is C23H19N5OS. The fraction of sp³-hybridized carbons (Fsp3) is 0.130. The van der Waals surface area contributed by atoms with E-state index in [0.29, 0.717) is 11.4 Å². The number of hydrogen-bond acceptors (Lipinski definition) is 5. The number of imidazole rings is 1. The summed E-state index contributed by atoms with van der Waals surface area (Å²) < 4.78 is 3.45. The van der Waals surface area contributed by atoms with Crippen LogP contribution < -0.4 is 5.56 Å². The second kappa shape index (κ2) is 7.42. The maximum Gasteiger partial charge on any atom is 0.258 e. The van der Waals surface area contributed by atoms with Gasteiger partial charge in [0.05, 0.1) is 22.6 Å². The number of fused-ring (bicyclic) bond motifs is 2. The van der Waals surface area contributed by atoms with Gasteiger partial charge in [-0.25, -0.2) is 14.5 Å². The van der Waals surface area contributed by atoms with Gasteiger partial charge >= 0.3 is 0 Å². The Bertz CT molecular complexity index is 1440. The predicted octanol–water partition coefficient (Wildman–Crippen LogP) is 4.31. The largest absolute Gasteiger partial charge is 0.269 e. The zero-order valence-corrected chi connectivity index (χ0v) is 17.4. The van der Waals surface area contributed by atoms with Gasteiger partial charge < -0.3 is 0 Å². The van der Waals surface area contributed by atoms with Crippen LogP contribution in [0.15, 0.2) is 76.8 Å². The van der Waals surface area contributed by atoms with Gasteiger partial charge in [-0.2, -0.15) is 5.10 Å². The minimum atomic E-state index is -0.0843. The highest BCUT2D eigenvalue weighted by Gasteiger charge is 2.17. The highest BCUT2D eigenvalue weighted by atomic mass is 32.2. The van der Waals surface area contributed by atoms with Gasteiger partial charge in [-0.15, -0.1) is 0 Å². The standard InChI is InChI=1S/C23H19N5OS/c1-15-12-16(2)26-28-22(15)21(17-8-4-3-5-9-17)25-23(28)30-14-18-13-20(29)27-11-7-6-10-19(27)24-18/h3-13H,14H2,1-2H3. The summed E-state index contributed by atoms with van der Waals surface area (Å²) in [5, 5.41) is 5.49. The lowest BCUT2D eigenvalue weighted by Gasteiger charge is -2.05. The second-order valence-electron chi connectivity index (χ2n) is 7.14. The molecule has 6 nitrogen and oxygen atoms in total. The SMILES string of the molecule is Cc1cc(C)c2c(-c3ccccc3)nc(SCc3cc(=O)n4ccccc4n3)n2n1. The fourth-order valence-corrected chi connectivity index (χ4v) is 4.45. The Hall–Kier alpha value is -3.45. The maximum atomic E-state index is 12.4. The number of aryl methyl sites for hydroxylation is 2. The molecule has 0 amide bonds. The summed E-state index contributed by atoms with van der Waals surface area (Å²) in [5.74, 6) is 0.530. The number of hydrogen-bond donors (Lipinski definition) is 0. The Balaban J connectivity index is 1.57.